The van der Waals surface area contributed by atoms with Gasteiger partial charge < -0.3 is 14.0 Å². The van der Waals surface area contributed by atoms with E-state index >= 15 is 0 Å². The fraction of sp³-hybridized carbons (Fsp3) is 0.526. The van der Waals surface area contributed by atoms with E-state index in [-0.39, 0.29) is 11.7 Å². The fourth-order valence-electron chi connectivity index (χ4n) is 3.43. The number of aromatic nitrogens is 3. The van der Waals surface area contributed by atoms with Crippen LogP contribution >= 0.6 is 0 Å². The fourth-order valence-corrected chi connectivity index (χ4v) is 3.43. The molecular formula is C19H26N4O4. The Morgan fingerprint density at radius 2 is 2.07 bits per heavy atom. The van der Waals surface area contributed by atoms with Crippen LogP contribution in [0, 0.1) is 0 Å². The van der Waals surface area contributed by atoms with E-state index < -0.39 is 5.97 Å². The Kier molecular flexibility index (Phi) is 5.65. The van der Waals surface area contributed by atoms with Crippen molar-refractivity contribution in [1.29, 1.82) is 0 Å². The van der Waals surface area contributed by atoms with Crippen molar-refractivity contribution in [3.63, 3.8) is 0 Å². The molecule has 3 rings (SSSR count). The molecule has 3 heterocycles. The second-order valence-electron chi connectivity index (χ2n) is 7.03. The highest BCUT2D eigenvalue weighted by Crippen LogP contribution is 2.25. The maximum absolute atomic E-state index is 12.6. The number of hydrogen-bond acceptors (Lipinski definition) is 6. The SMILES string of the molecule is COC(=O)c1c(OC(C)C)cc(=O)n2c1CCN(Cc1cnn(C)c1)CC2. The van der Waals surface area contributed by atoms with Gasteiger partial charge in [0.2, 0.25) is 0 Å². The molecule has 0 radical (unpaired) electrons. The molecule has 0 amide bonds. The van der Waals surface area contributed by atoms with Crippen LogP contribution in [0.1, 0.15) is 35.5 Å². The van der Waals surface area contributed by atoms with Gasteiger partial charge in [-0.3, -0.25) is 14.4 Å². The van der Waals surface area contributed by atoms with Crippen molar-refractivity contribution >= 4 is 5.97 Å². The van der Waals surface area contributed by atoms with Gasteiger partial charge in [0, 0.05) is 63.2 Å². The Bertz CT molecular complexity index is 884. The van der Waals surface area contributed by atoms with Gasteiger partial charge >= 0.3 is 5.97 Å². The van der Waals surface area contributed by atoms with Gasteiger partial charge in [-0.15, -0.1) is 0 Å². The highest BCUT2D eigenvalue weighted by atomic mass is 16.5. The van der Waals surface area contributed by atoms with Crippen molar-refractivity contribution in [1.82, 2.24) is 19.2 Å². The Balaban J connectivity index is 1.93. The highest BCUT2D eigenvalue weighted by molar-refractivity contribution is 5.93. The average Bonchev–Trinajstić information content (AvgIpc) is 2.89. The van der Waals surface area contributed by atoms with Gasteiger partial charge in [0.15, 0.2) is 0 Å². The molecule has 27 heavy (non-hydrogen) atoms. The molecule has 0 aromatic carbocycles. The number of pyridine rings is 1. The van der Waals surface area contributed by atoms with Crippen molar-refractivity contribution in [2.24, 2.45) is 7.05 Å². The molecule has 0 saturated heterocycles. The second-order valence-corrected chi connectivity index (χ2v) is 7.03. The number of nitrogens with zero attached hydrogens (tertiary/aromatic N) is 4. The van der Waals surface area contributed by atoms with E-state index in [0.717, 1.165) is 18.7 Å². The lowest BCUT2D eigenvalue weighted by atomic mass is 10.1. The van der Waals surface area contributed by atoms with E-state index in [2.05, 4.69) is 10.00 Å². The largest absolute Gasteiger partial charge is 0.490 e. The van der Waals surface area contributed by atoms with E-state index in [9.17, 15) is 9.59 Å². The first-order valence-corrected chi connectivity index (χ1v) is 9.10. The summed E-state index contributed by atoms with van der Waals surface area (Å²) in [5, 5.41) is 4.20. The Morgan fingerprint density at radius 3 is 2.70 bits per heavy atom. The minimum atomic E-state index is -0.477. The first-order valence-electron chi connectivity index (χ1n) is 9.10. The molecule has 146 valence electrons. The number of hydrogen-bond donors (Lipinski definition) is 0. The first-order chi connectivity index (χ1) is 12.9. The van der Waals surface area contributed by atoms with Gasteiger partial charge in [0.1, 0.15) is 11.3 Å². The van der Waals surface area contributed by atoms with Crippen LogP contribution in [-0.4, -0.2) is 51.5 Å². The topological polar surface area (TPSA) is 78.6 Å². The van der Waals surface area contributed by atoms with Crippen molar-refractivity contribution in [2.45, 2.75) is 39.5 Å². The number of ether oxygens (including phenoxy) is 2. The van der Waals surface area contributed by atoms with Crippen LogP contribution in [0.15, 0.2) is 23.3 Å². The van der Waals surface area contributed by atoms with E-state index in [1.807, 2.05) is 33.3 Å². The molecule has 0 fully saturated rings. The van der Waals surface area contributed by atoms with E-state index in [0.29, 0.717) is 36.5 Å². The van der Waals surface area contributed by atoms with Gasteiger partial charge in [0.05, 0.1) is 19.4 Å². The predicted octanol–water partition coefficient (Wildman–Crippen LogP) is 1.21. The van der Waals surface area contributed by atoms with Crippen molar-refractivity contribution in [2.75, 3.05) is 20.2 Å². The Hall–Kier alpha value is -2.61. The lowest BCUT2D eigenvalue weighted by molar-refractivity contribution is 0.0591. The maximum Gasteiger partial charge on any atom is 0.343 e. The second kappa shape index (κ2) is 7.96. The standard InChI is InChI=1S/C19H26N4O4/c1-13(2)27-16-9-17(24)23-8-7-22(12-14-10-20-21(3)11-14)6-5-15(23)18(16)19(25)26-4/h9-11,13H,5-8,12H2,1-4H3. The maximum atomic E-state index is 12.6. The highest BCUT2D eigenvalue weighted by Gasteiger charge is 2.26. The summed E-state index contributed by atoms with van der Waals surface area (Å²) >= 11 is 0. The molecule has 1 aliphatic heterocycles. The average molecular weight is 374 g/mol. The number of methoxy groups -OCH3 is 1. The summed E-state index contributed by atoms with van der Waals surface area (Å²) in [5.41, 5.74) is 2.00. The molecule has 0 N–H and O–H groups in total. The molecule has 0 spiro atoms. The summed E-state index contributed by atoms with van der Waals surface area (Å²) in [6.45, 7) is 6.43. The number of rotatable bonds is 5. The zero-order chi connectivity index (χ0) is 19.6. The normalized spacial score (nSPS) is 14.7. The van der Waals surface area contributed by atoms with Crippen molar-refractivity contribution < 1.29 is 14.3 Å². The van der Waals surface area contributed by atoms with Gasteiger partial charge in [-0.2, -0.15) is 5.10 Å². The van der Waals surface area contributed by atoms with Gasteiger partial charge in [-0.05, 0) is 13.8 Å². The van der Waals surface area contributed by atoms with Crippen LogP contribution in [0.25, 0.3) is 0 Å². The van der Waals surface area contributed by atoms with Gasteiger partial charge in [-0.1, -0.05) is 0 Å². The third-order valence-electron chi connectivity index (χ3n) is 4.60. The van der Waals surface area contributed by atoms with Crippen LogP contribution in [-0.2, 0) is 31.3 Å². The van der Waals surface area contributed by atoms with Crippen LogP contribution < -0.4 is 10.3 Å². The molecule has 2 aromatic heterocycles. The van der Waals surface area contributed by atoms with Crippen LogP contribution in [0.4, 0.5) is 0 Å². The number of carbonyl (C=O) groups excluding carboxylic acids is 1. The summed E-state index contributed by atoms with van der Waals surface area (Å²) in [6, 6.07) is 1.40. The third kappa shape index (κ3) is 4.21. The zero-order valence-corrected chi connectivity index (χ0v) is 16.3. The molecule has 0 bridgehead atoms. The smallest absolute Gasteiger partial charge is 0.343 e. The number of fused-ring (bicyclic) bond motifs is 1. The first kappa shape index (κ1) is 19.2. The van der Waals surface area contributed by atoms with E-state index in [1.165, 1.54) is 13.2 Å². The lowest BCUT2D eigenvalue weighted by Gasteiger charge is -2.18. The molecule has 0 unspecified atom stereocenters. The number of carbonyl (C=O) groups is 1. The number of aryl methyl sites for hydroxylation is 1. The number of esters is 1. The Morgan fingerprint density at radius 1 is 1.30 bits per heavy atom. The molecule has 8 nitrogen and oxygen atoms in total. The third-order valence-corrected chi connectivity index (χ3v) is 4.60. The summed E-state index contributed by atoms with van der Waals surface area (Å²) < 4.78 is 14.2. The summed E-state index contributed by atoms with van der Waals surface area (Å²) in [6.07, 6.45) is 4.25. The molecule has 2 aromatic rings. The van der Waals surface area contributed by atoms with Crippen LogP contribution in [0.2, 0.25) is 0 Å². The van der Waals surface area contributed by atoms with E-state index in [4.69, 9.17) is 9.47 Å². The lowest BCUT2D eigenvalue weighted by Crippen LogP contribution is -2.29. The van der Waals surface area contributed by atoms with Crippen LogP contribution in [0.3, 0.4) is 0 Å². The minimum absolute atomic E-state index is 0.149. The van der Waals surface area contributed by atoms with Crippen molar-refractivity contribution in [3.05, 3.63) is 45.6 Å². The molecule has 0 atom stereocenters. The summed E-state index contributed by atoms with van der Waals surface area (Å²) in [4.78, 5) is 27.4. The summed E-state index contributed by atoms with van der Waals surface area (Å²) in [7, 11) is 3.23. The molecule has 1 aliphatic rings. The predicted molar refractivity (Wildman–Crippen MR) is 100.0 cm³/mol. The zero-order valence-electron chi connectivity index (χ0n) is 16.3. The quantitative estimate of drug-likeness (QED) is 0.732. The Labute approximate surface area is 158 Å². The molecular weight excluding hydrogens is 348 g/mol. The minimum Gasteiger partial charge on any atom is -0.490 e. The molecule has 0 saturated carbocycles. The molecule has 8 heteroatoms. The van der Waals surface area contributed by atoms with Crippen LogP contribution in [0.5, 0.6) is 5.75 Å². The monoisotopic (exact) mass is 374 g/mol. The van der Waals surface area contributed by atoms with Crippen molar-refractivity contribution in [3.8, 4) is 5.75 Å². The van der Waals surface area contributed by atoms with Gasteiger partial charge in [0.25, 0.3) is 5.56 Å². The van der Waals surface area contributed by atoms with E-state index in [1.54, 1.807) is 9.25 Å². The summed E-state index contributed by atoms with van der Waals surface area (Å²) in [5.74, 6) is -0.177. The van der Waals surface area contributed by atoms with Gasteiger partial charge in [-0.25, -0.2) is 4.79 Å². The molecule has 0 aliphatic carbocycles.